The Balaban J connectivity index is 2.44. The molecule has 0 amide bonds. The molecule has 0 N–H and O–H groups in total. The Hall–Kier alpha value is -2.22. The van der Waals surface area contributed by atoms with Gasteiger partial charge in [-0.15, -0.1) is 0 Å². The third-order valence-electron chi connectivity index (χ3n) is 3.68. The maximum absolute atomic E-state index is 4.87. The predicted molar refractivity (Wildman–Crippen MR) is 97.1 cm³/mol. The Labute approximate surface area is 133 Å². The van der Waals surface area contributed by atoms with Gasteiger partial charge < -0.3 is 0 Å². The van der Waals surface area contributed by atoms with E-state index in [-0.39, 0.29) is 0 Å². The summed E-state index contributed by atoms with van der Waals surface area (Å²) < 4.78 is 0. The Bertz CT molecular complexity index is 709. The lowest BCUT2D eigenvalue weighted by molar-refractivity contribution is 0.893. The molecule has 0 atom stereocenters. The summed E-state index contributed by atoms with van der Waals surface area (Å²) in [5.74, 6) is 0.326. The number of para-hydroxylation sites is 2. The first-order valence-electron chi connectivity index (χ1n) is 7.74. The Morgan fingerprint density at radius 1 is 0.773 bits per heavy atom. The van der Waals surface area contributed by atoms with Crippen LogP contribution in [0.25, 0.3) is 0 Å². The van der Waals surface area contributed by atoms with E-state index in [2.05, 4.69) is 45.9 Å². The average molecular weight is 292 g/mol. The molecule has 0 spiro atoms. The van der Waals surface area contributed by atoms with Crippen LogP contribution in [0.15, 0.2) is 58.5 Å². The summed E-state index contributed by atoms with van der Waals surface area (Å²) in [5, 5.41) is 0. The largest absolute Gasteiger partial charge is 0.252 e. The van der Waals surface area contributed by atoms with Gasteiger partial charge in [-0.2, -0.15) is 0 Å². The van der Waals surface area contributed by atoms with Crippen molar-refractivity contribution in [3.63, 3.8) is 0 Å². The Morgan fingerprint density at radius 3 is 1.68 bits per heavy atom. The van der Waals surface area contributed by atoms with E-state index in [0.29, 0.717) is 5.92 Å². The normalized spacial score (nSPS) is 12.8. The van der Waals surface area contributed by atoms with E-state index < -0.39 is 0 Å². The predicted octanol–water partition coefficient (Wildman–Crippen LogP) is 5.82. The zero-order valence-electron chi connectivity index (χ0n) is 14.1. The van der Waals surface area contributed by atoms with Gasteiger partial charge in [-0.05, 0) is 49.9 Å². The van der Waals surface area contributed by atoms with Crippen molar-refractivity contribution >= 4 is 22.8 Å². The van der Waals surface area contributed by atoms with E-state index in [1.165, 1.54) is 11.1 Å². The molecule has 0 aliphatic rings. The molecule has 0 aromatic heterocycles. The van der Waals surface area contributed by atoms with Gasteiger partial charge >= 0.3 is 0 Å². The molecule has 0 aliphatic carbocycles. The maximum Gasteiger partial charge on any atom is 0.0663 e. The molecule has 2 aromatic rings. The molecule has 2 heteroatoms. The number of hydrogen-bond donors (Lipinski definition) is 0. The van der Waals surface area contributed by atoms with Gasteiger partial charge in [-0.3, -0.25) is 9.98 Å². The first kappa shape index (κ1) is 16.2. The number of aryl methyl sites for hydroxylation is 2. The van der Waals surface area contributed by atoms with Crippen molar-refractivity contribution in [3.05, 3.63) is 59.7 Å². The van der Waals surface area contributed by atoms with Crippen LogP contribution in [0.5, 0.6) is 0 Å². The van der Waals surface area contributed by atoms with Crippen LogP contribution in [-0.4, -0.2) is 11.4 Å². The number of benzene rings is 2. The lowest BCUT2D eigenvalue weighted by Gasteiger charge is -2.12. The highest BCUT2D eigenvalue weighted by molar-refractivity contribution is 6.43. The van der Waals surface area contributed by atoms with Gasteiger partial charge in [0.15, 0.2) is 0 Å². The van der Waals surface area contributed by atoms with E-state index in [9.17, 15) is 0 Å². The van der Waals surface area contributed by atoms with Crippen LogP contribution in [-0.2, 0) is 0 Å². The summed E-state index contributed by atoms with van der Waals surface area (Å²) in [6.45, 7) is 10.5. The van der Waals surface area contributed by atoms with E-state index >= 15 is 0 Å². The maximum atomic E-state index is 4.87. The molecule has 0 unspecified atom stereocenters. The van der Waals surface area contributed by atoms with E-state index in [0.717, 1.165) is 22.8 Å². The molecule has 0 saturated heterocycles. The number of rotatable bonds is 4. The molecule has 0 bridgehead atoms. The molecular weight excluding hydrogens is 268 g/mol. The summed E-state index contributed by atoms with van der Waals surface area (Å²) in [6.07, 6.45) is 0. The van der Waals surface area contributed by atoms with Crippen molar-refractivity contribution in [2.75, 3.05) is 0 Å². The molecule has 0 heterocycles. The second kappa shape index (κ2) is 7.17. The monoisotopic (exact) mass is 292 g/mol. The van der Waals surface area contributed by atoms with Crippen molar-refractivity contribution in [1.82, 2.24) is 0 Å². The molecular formula is C20H24N2. The van der Waals surface area contributed by atoms with Crippen LogP contribution in [0.1, 0.15) is 31.9 Å². The van der Waals surface area contributed by atoms with Gasteiger partial charge in [-0.1, -0.05) is 50.2 Å². The number of nitrogens with zero attached hydrogens (tertiary/aromatic N) is 2. The standard InChI is InChI=1S/C20H24N2/c1-14(2)20(22-19-13-9-7-11-16(19)4)17(5)21-18-12-8-6-10-15(18)3/h6-14H,1-5H3. The highest BCUT2D eigenvalue weighted by Crippen LogP contribution is 2.21. The zero-order valence-corrected chi connectivity index (χ0v) is 14.1. The highest BCUT2D eigenvalue weighted by atomic mass is 14.8. The number of hydrogen-bond acceptors (Lipinski definition) is 2. The first-order chi connectivity index (χ1) is 10.5. The van der Waals surface area contributed by atoms with Crippen LogP contribution in [0.4, 0.5) is 11.4 Å². The van der Waals surface area contributed by atoms with Gasteiger partial charge in [0.2, 0.25) is 0 Å². The topological polar surface area (TPSA) is 24.7 Å². The molecule has 114 valence electrons. The summed E-state index contributed by atoms with van der Waals surface area (Å²) in [5.41, 5.74) is 6.42. The zero-order chi connectivity index (χ0) is 16.1. The van der Waals surface area contributed by atoms with Crippen LogP contribution < -0.4 is 0 Å². The molecule has 0 radical (unpaired) electrons. The summed E-state index contributed by atoms with van der Waals surface area (Å²) in [4.78, 5) is 9.66. The molecule has 2 aromatic carbocycles. The van der Waals surface area contributed by atoms with Crippen molar-refractivity contribution < 1.29 is 0 Å². The second-order valence-electron chi connectivity index (χ2n) is 5.92. The minimum Gasteiger partial charge on any atom is -0.252 e. The van der Waals surface area contributed by atoms with Gasteiger partial charge in [0.05, 0.1) is 22.8 Å². The lowest BCUT2D eigenvalue weighted by Crippen LogP contribution is -2.17. The second-order valence-corrected chi connectivity index (χ2v) is 5.92. The number of aliphatic imine (C=N–C) groups is 2. The molecule has 0 saturated carbocycles. The molecule has 22 heavy (non-hydrogen) atoms. The molecule has 2 rings (SSSR count). The fraction of sp³-hybridized carbons (Fsp3) is 0.300. The summed E-state index contributed by atoms with van der Waals surface area (Å²) in [6, 6.07) is 16.4. The fourth-order valence-corrected chi connectivity index (χ4v) is 2.37. The highest BCUT2D eigenvalue weighted by Gasteiger charge is 2.11. The lowest BCUT2D eigenvalue weighted by atomic mass is 10.0. The van der Waals surface area contributed by atoms with E-state index in [1.807, 2.05) is 37.3 Å². The third-order valence-corrected chi connectivity index (χ3v) is 3.68. The van der Waals surface area contributed by atoms with Gasteiger partial charge in [0.1, 0.15) is 0 Å². The van der Waals surface area contributed by atoms with Gasteiger partial charge in [0, 0.05) is 0 Å². The Kier molecular flexibility index (Phi) is 5.26. The van der Waals surface area contributed by atoms with Crippen molar-refractivity contribution in [2.45, 2.75) is 34.6 Å². The summed E-state index contributed by atoms with van der Waals surface area (Å²) >= 11 is 0. The average Bonchev–Trinajstić information content (AvgIpc) is 2.48. The fourth-order valence-electron chi connectivity index (χ4n) is 2.37. The first-order valence-corrected chi connectivity index (χ1v) is 7.74. The molecule has 0 aliphatic heterocycles. The summed E-state index contributed by atoms with van der Waals surface area (Å²) in [7, 11) is 0. The van der Waals surface area contributed by atoms with Crippen LogP contribution >= 0.6 is 0 Å². The van der Waals surface area contributed by atoms with Crippen molar-refractivity contribution in [1.29, 1.82) is 0 Å². The van der Waals surface area contributed by atoms with E-state index in [1.54, 1.807) is 0 Å². The molecule has 2 nitrogen and oxygen atoms in total. The SMILES string of the molecule is CC(=Nc1ccccc1C)C(=Nc1ccccc1C)C(C)C. The Morgan fingerprint density at radius 2 is 1.23 bits per heavy atom. The van der Waals surface area contributed by atoms with Gasteiger partial charge in [-0.25, -0.2) is 0 Å². The van der Waals surface area contributed by atoms with Crippen molar-refractivity contribution in [3.8, 4) is 0 Å². The van der Waals surface area contributed by atoms with Crippen molar-refractivity contribution in [2.24, 2.45) is 15.9 Å². The smallest absolute Gasteiger partial charge is 0.0663 e. The van der Waals surface area contributed by atoms with Gasteiger partial charge in [0.25, 0.3) is 0 Å². The van der Waals surface area contributed by atoms with E-state index in [4.69, 9.17) is 9.98 Å². The minimum atomic E-state index is 0.326. The van der Waals surface area contributed by atoms with Crippen LogP contribution in [0.3, 0.4) is 0 Å². The third kappa shape index (κ3) is 3.91. The van der Waals surface area contributed by atoms with Crippen LogP contribution in [0, 0.1) is 19.8 Å². The molecule has 0 fully saturated rings. The minimum absolute atomic E-state index is 0.326. The van der Waals surface area contributed by atoms with Crippen LogP contribution in [0.2, 0.25) is 0 Å². The quantitative estimate of drug-likeness (QED) is 0.634.